The molecule has 6 nitrogen and oxygen atoms in total. The Hall–Kier alpha value is -0.860. The van der Waals surface area contributed by atoms with Crippen molar-refractivity contribution in [3.05, 3.63) is 12.2 Å². The zero-order chi connectivity index (χ0) is 12.0. The second-order valence-electron chi connectivity index (χ2n) is 4.06. The molecule has 0 aromatic carbocycles. The van der Waals surface area contributed by atoms with E-state index in [0.29, 0.717) is 12.5 Å². The Bertz CT molecular complexity index is 346. The van der Waals surface area contributed by atoms with Crippen molar-refractivity contribution in [3.8, 4) is 0 Å². The van der Waals surface area contributed by atoms with Crippen molar-refractivity contribution >= 4 is 29.9 Å². The van der Waals surface area contributed by atoms with Crippen molar-refractivity contribution in [2.75, 3.05) is 13.6 Å². The summed E-state index contributed by atoms with van der Waals surface area (Å²) < 4.78 is 1.88. The average Bonchev–Trinajstić information content (AvgIpc) is 2.64. The summed E-state index contributed by atoms with van der Waals surface area (Å²) >= 11 is 0. The van der Waals surface area contributed by atoms with Gasteiger partial charge in [-0.1, -0.05) is 13.8 Å². The van der Waals surface area contributed by atoms with Crippen LogP contribution in [-0.2, 0) is 13.6 Å². The molecule has 1 heterocycles. The van der Waals surface area contributed by atoms with Crippen LogP contribution in [0.2, 0.25) is 0 Å². The van der Waals surface area contributed by atoms with E-state index in [-0.39, 0.29) is 24.0 Å². The molecule has 1 rings (SSSR count). The maximum absolute atomic E-state index is 4.13. The molecular weight excluding hydrogens is 331 g/mol. The molecule has 0 aliphatic rings. The van der Waals surface area contributed by atoms with Gasteiger partial charge in [0.15, 0.2) is 11.8 Å². The lowest BCUT2D eigenvalue weighted by molar-refractivity contribution is 0.611. The van der Waals surface area contributed by atoms with Crippen LogP contribution in [0.4, 0.5) is 0 Å². The molecular formula is C10H21IN6. The van der Waals surface area contributed by atoms with E-state index in [2.05, 4.69) is 39.7 Å². The highest BCUT2D eigenvalue weighted by molar-refractivity contribution is 14.0. The van der Waals surface area contributed by atoms with E-state index in [1.807, 2.05) is 11.6 Å². The van der Waals surface area contributed by atoms with Crippen LogP contribution < -0.4 is 10.6 Å². The van der Waals surface area contributed by atoms with Crippen LogP contribution in [0.3, 0.4) is 0 Å². The van der Waals surface area contributed by atoms with E-state index in [4.69, 9.17) is 0 Å². The first-order valence-electron chi connectivity index (χ1n) is 5.41. The lowest BCUT2D eigenvalue weighted by Crippen LogP contribution is -2.39. The second-order valence-corrected chi connectivity index (χ2v) is 4.06. The summed E-state index contributed by atoms with van der Waals surface area (Å²) in [6.45, 7) is 5.83. The molecule has 1 aromatic rings. The number of halogens is 1. The van der Waals surface area contributed by atoms with Crippen molar-refractivity contribution in [1.29, 1.82) is 0 Å². The van der Waals surface area contributed by atoms with Gasteiger partial charge in [-0.25, -0.2) is 0 Å². The van der Waals surface area contributed by atoms with Crippen LogP contribution in [0.15, 0.2) is 11.3 Å². The van der Waals surface area contributed by atoms with Crippen molar-refractivity contribution in [3.63, 3.8) is 0 Å². The van der Waals surface area contributed by atoms with E-state index in [0.717, 1.165) is 18.3 Å². The summed E-state index contributed by atoms with van der Waals surface area (Å²) in [5.74, 6) is 2.26. The molecule has 0 aliphatic heterocycles. The standard InChI is InChI=1S/C10H20N6.HI/c1-8(2)5-12-10(11-3)13-6-9-15-14-7-16(9)4;/h7-8H,5-6H2,1-4H3,(H2,11,12,13);1H. The molecule has 1 aromatic heterocycles. The molecule has 0 atom stereocenters. The minimum Gasteiger partial charge on any atom is -0.356 e. The van der Waals surface area contributed by atoms with Crippen LogP contribution in [0.1, 0.15) is 19.7 Å². The first kappa shape index (κ1) is 16.1. The van der Waals surface area contributed by atoms with Crippen molar-refractivity contribution < 1.29 is 0 Å². The Labute approximate surface area is 119 Å². The molecule has 17 heavy (non-hydrogen) atoms. The summed E-state index contributed by atoms with van der Waals surface area (Å²) in [4.78, 5) is 4.13. The van der Waals surface area contributed by atoms with Crippen LogP contribution in [0, 0.1) is 5.92 Å². The Balaban J connectivity index is 0.00000256. The molecule has 0 saturated carbocycles. The number of nitrogens with one attached hydrogen (secondary N) is 2. The van der Waals surface area contributed by atoms with Gasteiger partial charge in [0.25, 0.3) is 0 Å². The van der Waals surface area contributed by atoms with Gasteiger partial charge in [0, 0.05) is 20.6 Å². The lowest BCUT2D eigenvalue weighted by atomic mass is 10.2. The summed E-state index contributed by atoms with van der Waals surface area (Å²) in [6.07, 6.45) is 1.68. The number of nitrogens with zero attached hydrogens (tertiary/aromatic N) is 4. The molecule has 0 bridgehead atoms. The molecule has 7 heteroatoms. The smallest absolute Gasteiger partial charge is 0.191 e. The highest BCUT2D eigenvalue weighted by Crippen LogP contribution is 1.90. The zero-order valence-corrected chi connectivity index (χ0v) is 13.1. The maximum Gasteiger partial charge on any atom is 0.191 e. The fraction of sp³-hybridized carbons (Fsp3) is 0.700. The summed E-state index contributed by atoms with van der Waals surface area (Å²) in [5.41, 5.74) is 0. The fourth-order valence-electron chi connectivity index (χ4n) is 1.15. The van der Waals surface area contributed by atoms with E-state index in [9.17, 15) is 0 Å². The number of hydrogen-bond acceptors (Lipinski definition) is 3. The van der Waals surface area contributed by atoms with Gasteiger partial charge < -0.3 is 15.2 Å². The number of rotatable bonds is 4. The first-order chi connectivity index (χ1) is 7.63. The fourth-order valence-corrected chi connectivity index (χ4v) is 1.15. The van der Waals surface area contributed by atoms with Gasteiger partial charge in [-0.15, -0.1) is 34.2 Å². The predicted octanol–water partition coefficient (Wildman–Crippen LogP) is 0.754. The van der Waals surface area contributed by atoms with Crippen molar-refractivity contribution in [2.45, 2.75) is 20.4 Å². The van der Waals surface area contributed by atoms with Crippen molar-refractivity contribution in [1.82, 2.24) is 25.4 Å². The minimum atomic E-state index is 0. The van der Waals surface area contributed by atoms with Crippen LogP contribution >= 0.6 is 24.0 Å². The predicted molar refractivity (Wildman–Crippen MR) is 79.5 cm³/mol. The highest BCUT2D eigenvalue weighted by atomic mass is 127. The highest BCUT2D eigenvalue weighted by Gasteiger charge is 2.02. The van der Waals surface area contributed by atoms with Gasteiger partial charge >= 0.3 is 0 Å². The van der Waals surface area contributed by atoms with E-state index < -0.39 is 0 Å². The second kappa shape index (κ2) is 8.26. The third-order valence-electron chi connectivity index (χ3n) is 2.12. The number of aliphatic imine (C=N–C) groups is 1. The molecule has 0 amide bonds. The van der Waals surface area contributed by atoms with E-state index in [1.54, 1.807) is 13.4 Å². The van der Waals surface area contributed by atoms with E-state index >= 15 is 0 Å². The normalized spacial score (nSPS) is 11.2. The third-order valence-corrected chi connectivity index (χ3v) is 2.12. The average molecular weight is 352 g/mol. The molecule has 98 valence electrons. The number of aryl methyl sites for hydroxylation is 1. The Morgan fingerprint density at radius 3 is 2.65 bits per heavy atom. The van der Waals surface area contributed by atoms with Crippen LogP contribution in [0.5, 0.6) is 0 Å². The molecule has 2 N–H and O–H groups in total. The minimum absolute atomic E-state index is 0. The number of aromatic nitrogens is 3. The van der Waals surface area contributed by atoms with E-state index in [1.165, 1.54) is 0 Å². The summed E-state index contributed by atoms with van der Waals surface area (Å²) in [5, 5.41) is 14.2. The summed E-state index contributed by atoms with van der Waals surface area (Å²) in [6, 6.07) is 0. The molecule has 0 spiro atoms. The third kappa shape index (κ3) is 5.85. The van der Waals surface area contributed by atoms with Gasteiger partial charge in [-0.3, -0.25) is 4.99 Å². The molecule has 0 unspecified atom stereocenters. The topological polar surface area (TPSA) is 67.1 Å². The SMILES string of the molecule is CN=C(NCc1nncn1C)NCC(C)C.I. The van der Waals surface area contributed by atoms with Crippen molar-refractivity contribution in [2.24, 2.45) is 18.0 Å². The van der Waals surface area contributed by atoms with Crippen LogP contribution in [-0.4, -0.2) is 34.3 Å². The maximum atomic E-state index is 4.13. The van der Waals surface area contributed by atoms with Gasteiger partial charge in [0.05, 0.1) is 6.54 Å². The Morgan fingerprint density at radius 2 is 2.18 bits per heavy atom. The van der Waals surface area contributed by atoms with Gasteiger partial charge in [0.2, 0.25) is 0 Å². The molecule has 0 fully saturated rings. The quantitative estimate of drug-likeness (QED) is 0.477. The number of hydrogen-bond donors (Lipinski definition) is 2. The molecule has 0 aliphatic carbocycles. The lowest BCUT2D eigenvalue weighted by Gasteiger charge is -2.12. The van der Waals surface area contributed by atoms with Gasteiger partial charge in [-0.2, -0.15) is 0 Å². The summed E-state index contributed by atoms with van der Waals surface area (Å²) in [7, 11) is 3.67. The molecule has 0 radical (unpaired) electrons. The zero-order valence-electron chi connectivity index (χ0n) is 10.8. The first-order valence-corrected chi connectivity index (χ1v) is 5.41. The van der Waals surface area contributed by atoms with Gasteiger partial charge in [0.1, 0.15) is 6.33 Å². The molecule has 0 saturated heterocycles. The Morgan fingerprint density at radius 1 is 1.47 bits per heavy atom. The van der Waals surface area contributed by atoms with Crippen LogP contribution in [0.25, 0.3) is 0 Å². The van der Waals surface area contributed by atoms with Gasteiger partial charge in [-0.05, 0) is 5.92 Å². The number of guanidine groups is 1. The monoisotopic (exact) mass is 352 g/mol. The largest absolute Gasteiger partial charge is 0.356 e. The Kier molecular flexibility index (Phi) is 7.85.